The molecule has 0 aliphatic heterocycles. The molecule has 1 heterocycles. The van der Waals surface area contributed by atoms with Gasteiger partial charge < -0.3 is 14.8 Å². The van der Waals surface area contributed by atoms with Gasteiger partial charge in [-0.2, -0.15) is 0 Å². The highest BCUT2D eigenvalue weighted by atomic mass is 35.5. The van der Waals surface area contributed by atoms with E-state index < -0.39 is 0 Å². The van der Waals surface area contributed by atoms with Crippen molar-refractivity contribution in [1.82, 2.24) is 10.3 Å². The molecule has 2 rings (SSSR count). The van der Waals surface area contributed by atoms with Crippen molar-refractivity contribution in [2.24, 2.45) is 0 Å². The fourth-order valence-electron chi connectivity index (χ4n) is 2.00. The average Bonchev–Trinajstić information content (AvgIpc) is 2.90. The van der Waals surface area contributed by atoms with Gasteiger partial charge in [-0.15, -0.1) is 11.3 Å². The zero-order valence-corrected chi connectivity index (χ0v) is 14.1. The first-order chi connectivity index (χ1) is 10.0. The molecule has 4 nitrogen and oxygen atoms in total. The maximum absolute atomic E-state index is 6.21. The molecule has 0 aliphatic carbocycles. The SMILES string of the molecule is COc1cc(CNC(C)c2nc(C)cs2)cc(Cl)c1OC. The van der Waals surface area contributed by atoms with Crippen LogP contribution in [0.5, 0.6) is 11.5 Å². The summed E-state index contributed by atoms with van der Waals surface area (Å²) < 4.78 is 10.5. The number of rotatable bonds is 6. The Morgan fingerprint density at radius 2 is 2.10 bits per heavy atom. The van der Waals surface area contributed by atoms with Crippen LogP contribution in [0.25, 0.3) is 0 Å². The van der Waals surface area contributed by atoms with E-state index in [1.54, 1.807) is 25.6 Å². The molecule has 0 saturated heterocycles. The number of benzene rings is 1. The normalized spacial score (nSPS) is 12.2. The Morgan fingerprint density at radius 1 is 1.33 bits per heavy atom. The molecule has 0 saturated carbocycles. The summed E-state index contributed by atoms with van der Waals surface area (Å²) in [5, 5.41) is 7.12. The molecular weight excluding hydrogens is 308 g/mol. The summed E-state index contributed by atoms with van der Waals surface area (Å²) in [6.07, 6.45) is 0. The first-order valence-corrected chi connectivity index (χ1v) is 7.86. The second-order valence-corrected chi connectivity index (χ2v) is 6.04. The molecule has 2 aromatic rings. The first kappa shape index (κ1) is 16.1. The van der Waals surface area contributed by atoms with E-state index in [1.807, 2.05) is 19.1 Å². The van der Waals surface area contributed by atoms with Crippen LogP contribution in [0.4, 0.5) is 0 Å². The number of hydrogen-bond donors (Lipinski definition) is 1. The van der Waals surface area contributed by atoms with Crippen LogP contribution >= 0.6 is 22.9 Å². The highest BCUT2D eigenvalue weighted by Gasteiger charge is 2.13. The number of ether oxygens (including phenoxy) is 2. The Kier molecular flexibility index (Phi) is 5.45. The van der Waals surface area contributed by atoms with E-state index in [2.05, 4.69) is 22.6 Å². The van der Waals surface area contributed by atoms with Crippen molar-refractivity contribution in [2.45, 2.75) is 26.4 Å². The quantitative estimate of drug-likeness (QED) is 0.872. The van der Waals surface area contributed by atoms with Gasteiger partial charge in [0.05, 0.1) is 25.3 Å². The van der Waals surface area contributed by atoms with E-state index >= 15 is 0 Å². The topological polar surface area (TPSA) is 43.4 Å². The lowest BCUT2D eigenvalue weighted by Gasteiger charge is -2.14. The Labute approximate surface area is 134 Å². The van der Waals surface area contributed by atoms with Crippen LogP contribution in [0.2, 0.25) is 5.02 Å². The molecule has 1 aromatic heterocycles. The number of aryl methyl sites for hydroxylation is 1. The summed E-state index contributed by atoms with van der Waals surface area (Å²) in [6.45, 7) is 4.78. The number of halogens is 1. The summed E-state index contributed by atoms with van der Waals surface area (Å²) in [7, 11) is 3.18. The largest absolute Gasteiger partial charge is 0.493 e. The predicted molar refractivity (Wildman–Crippen MR) is 86.7 cm³/mol. The summed E-state index contributed by atoms with van der Waals surface area (Å²) in [6, 6.07) is 4.00. The van der Waals surface area contributed by atoms with Gasteiger partial charge in [0.25, 0.3) is 0 Å². The van der Waals surface area contributed by atoms with E-state index in [0.717, 1.165) is 16.3 Å². The summed E-state index contributed by atoms with van der Waals surface area (Å²) in [5.41, 5.74) is 2.09. The maximum Gasteiger partial charge on any atom is 0.179 e. The number of hydrogen-bond acceptors (Lipinski definition) is 5. The fourth-order valence-corrected chi connectivity index (χ4v) is 3.14. The van der Waals surface area contributed by atoms with Crippen LogP contribution in [0.15, 0.2) is 17.5 Å². The van der Waals surface area contributed by atoms with Crippen molar-refractivity contribution in [2.75, 3.05) is 14.2 Å². The standard InChI is InChI=1S/C15H19ClN2O2S/c1-9-8-21-15(18-9)10(2)17-7-11-5-12(16)14(20-4)13(6-11)19-3/h5-6,8,10,17H,7H2,1-4H3. The van der Waals surface area contributed by atoms with Crippen LogP contribution in [0, 0.1) is 6.92 Å². The molecule has 6 heteroatoms. The van der Waals surface area contributed by atoms with Gasteiger partial charge >= 0.3 is 0 Å². The molecule has 114 valence electrons. The van der Waals surface area contributed by atoms with Gasteiger partial charge in [0, 0.05) is 17.6 Å². The van der Waals surface area contributed by atoms with Crippen LogP contribution in [0.3, 0.4) is 0 Å². The molecule has 0 fully saturated rings. The predicted octanol–water partition coefficient (Wildman–Crippen LogP) is 3.97. The third-order valence-corrected chi connectivity index (χ3v) is 4.54. The van der Waals surface area contributed by atoms with Crippen LogP contribution < -0.4 is 14.8 Å². The van der Waals surface area contributed by atoms with Gasteiger partial charge in [0.15, 0.2) is 11.5 Å². The van der Waals surface area contributed by atoms with Crippen molar-refractivity contribution in [3.8, 4) is 11.5 Å². The van der Waals surface area contributed by atoms with Gasteiger partial charge in [-0.25, -0.2) is 4.98 Å². The zero-order valence-electron chi connectivity index (χ0n) is 12.6. The number of methoxy groups -OCH3 is 2. The Bertz CT molecular complexity index is 616. The Hall–Kier alpha value is -1.30. The third kappa shape index (κ3) is 3.87. The Morgan fingerprint density at radius 3 is 2.67 bits per heavy atom. The summed E-state index contributed by atoms with van der Waals surface area (Å²) >= 11 is 7.87. The molecule has 1 aromatic carbocycles. The van der Waals surface area contributed by atoms with E-state index in [-0.39, 0.29) is 6.04 Å². The van der Waals surface area contributed by atoms with Gasteiger partial charge in [0.1, 0.15) is 5.01 Å². The number of nitrogens with zero attached hydrogens (tertiary/aromatic N) is 1. The molecule has 1 atom stereocenters. The molecule has 21 heavy (non-hydrogen) atoms. The van der Waals surface area contributed by atoms with Gasteiger partial charge in [-0.1, -0.05) is 11.6 Å². The van der Waals surface area contributed by atoms with Crippen LogP contribution in [0.1, 0.15) is 29.2 Å². The molecule has 0 amide bonds. The lowest BCUT2D eigenvalue weighted by atomic mass is 10.2. The maximum atomic E-state index is 6.21. The van der Waals surface area contributed by atoms with Crippen molar-refractivity contribution >= 4 is 22.9 Å². The minimum atomic E-state index is 0.190. The first-order valence-electron chi connectivity index (χ1n) is 6.61. The van der Waals surface area contributed by atoms with Gasteiger partial charge in [-0.3, -0.25) is 0 Å². The fraction of sp³-hybridized carbons (Fsp3) is 0.400. The lowest BCUT2D eigenvalue weighted by Crippen LogP contribution is -2.18. The number of thiazole rings is 1. The summed E-state index contributed by atoms with van der Waals surface area (Å²) in [4.78, 5) is 4.49. The van der Waals surface area contributed by atoms with E-state index in [0.29, 0.717) is 23.1 Å². The molecule has 1 unspecified atom stereocenters. The van der Waals surface area contributed by atoms with Crippen LogP contribution in [-0.4, -0.2) is 19.2 Å². The van der Waals surface area contributed by atoms with E-state index in [1.165, 1.54) is 0 Å². The highest BCUT2D eigenvalue weighted by molar-refractivity contribution is 7.09. The number of aromatic nitrogens is 1. The molecule has 0 radical (unpaired) electrons. The van der Waals surface area contributed by atoms with Crippen molar-refractivity contribution < 1.29 is 9.47 Å². The minimum Gasteiger partial charge on any atom is -0.493 e. The third-order valence-electron chi connectivity index (χ3n) is 3.11. The molecular formula is C15H19ClN2O2S. The van der Waals surface area contributed by atoms with Crippen molar-refractivity contribution in [1.29, 1.82) is 0 Å². The molecule has 0 bridgehead atoms. The molecule has 0 spiro atoms. The van der Waals surface area contributed by atoms with Crippen molar-refractivity contribution in [3.05, 3.63) is 38.8 Å². The lowest BCUT2D eigenvalue weighted by molar-refractivity contribution is 0.354. The van der Waals surface area contributed by atoms with E-state index in [4.69, 9.17) is 21.1 Å². The van der Waals surface area contributed by atoms with Gasteiger partial charge in [-0.05, 0) is 31.5 Å². The van der Waals surface area contributed by atoms with Crippen LogP contribution in [-0.2, 0) is 6.54 Å². The molecule has 0 aliphatic rings. The molecule has 1 N–H and O–H groups in total. The second-order valence-electron chi connectivity index (χ2n) is 4.74. The average molecular weight is 327 g/mol. The van der Waals surface area contributed by atoms with Crippen molar-refractivity contribution in [3.63, 3.8) is 0 Å². The zero-order chi connectivity index (χ0) is 15.4. The number of nitrogens with one attached hydrogen (secondary N) is 1. The highest BCUT2D eigenvalue weighted by Crippen LogP contribution is 2.36. The minimum absolute atomic E-state index is 0.190. The second kappa shape index (κ2) is 7.11. The van der Waals surface area contributed by atoms with Gasteiger partial charge in [0.2, 0.25) is 0 Å². The monoisotopic (exact) mass is 326 g/mol. The smallest absolute Gasteiger partial charge is 0.179 e. The van der Waals surface area contributed by atoms with E-state index in [9.17, 15) is 0 Å². The summed E-state index contributed by atoms with van der Waals surface area (Å²) in [5.74, 6) is 1.20. The Balaban J connectivity index is 2.08.